The second-order valence-electron chi connectivity index (χ2n) is 9.23. The molecule has 0 aliphatic carbocycles. The van der Waals surface area contributed by atoms with Gasteiger partial charge < -0.3 is 0 Å². The monoisotopic (exact) mass is 533 g/mol. The molecule has 2 nitrogen and oxygen atoms in total. The maximum Gasteiger partial charge on any atom is 0.295 e. The normalized spacial score (nSPS) is 17.6. The van der Waals surface area contributed by atoms with Crippen molar-refractivity contribution in [2.75, 3.05) is 0 Å². The second kappa shape index (κ2) is 7.67. The number of pyridine rings is 1. The van der Waals surface area contributed by atoms with Crippen LogP contribution in [0.2, 0.25) is 0 Å². The Balaban J connectivity index is 0.00000231. The zero-order valence-corrected chi connectivity index (χ0v) is 22.7. The molecular weight excluding hydrogens is 505 g/mol. The third kappa shape index (κ3) is 2.87. The number of rotatable bonds is 2. The minimum atomic E-state index is -0.0701. The van der Waals surface area contributed by atoms with Crippen molar-refractivity contribution in [3.8, 4) is 11.1 Å². The maximum absolute atomic E-state index is 4.24. The van der Waals surface area contributed by atoms with E-state index < -0.39 is 0 Å². The van der Waals surface area contributed by atoms with Crippen LogP contribution in [0.15, 0.2) is 67.5 Å². The van der Waals surface area contributed by atoms with Crippen LogP contribution in [0.1, 0.15) is 45.7 Å². The predicted octanol–water partition coefficient (Wildman–Crippen LogP) is 6.67. The molecule has 0 atom stereocenters. The van der Waals surface area contributed by atoms with Gasteiger partial charge in [-0.25, -0.2) is 4.57 Å². The van der Waals surface area contributed by atoms with Crippen LogP contribution in [0.3, 0.4) is 0 Å². The van der Waals surface area contributed by atoms with Gasteiger partial charge in [-0.05, 0) is 26.3 Å². The van der Waals surface area contributed by atoms with Gasteiger partial charge in [-0.15, -0.1) is 5.56 Å². The van der Waals surface area contributed by atoms with Crippen molar-refractivity contribution >= 4 is 28.2 Å². The van der Waals surface area contributed by atoms with Crippen LogP contribution in [0.5, 0.6) is 0 Å². The third-order valence-corrected chi connectivity index (χ3v) is 7.48. The van der Waals surface area contributed by atoms with Crippen LogP contribution in [0.4, 0.5) is 0 Å². The Morgan fingerprint density at radius 2 is 1.77 bits per heavy atom. The largest absolute Gasteiger partial charge is 0.295 e. The molecule has 1 aliphatic rings. The minimum Gasteiger partial charge on any atom is -0.224 e. The molecule has 0 amide bonds. The summed E-state index contributed by atoms with van der Waals surface area (Å²) >= 11 is 0. The number of nitrogens with zero attached hydrogens (tertiary/aromatic N) is 2. The topological polar surface area (TPSA) is 8.29 Å². The number of hydrogen-bond acceptors (Lipinski definition) is 0. The molecular formula is C28H28N2Pr. The van der Waals surface area contributed by atoms with Gasteiger partial charge >= 0.3 is 0 Å². The number of benzene rings is 2. The van der Waals surface area contributed by atoms with E-state index in [4.69, 9.17) is 0 Å². The molecule has 0 N–H and O–H groups in total. The molecule has 153 valence electrons. The van der Waals surface area contributed by atoms with Gasteiger partial charge in [-0.3, -0.25) is 0 Å². The van der Waals surface area contributed by atoms with Gasteiger partial charge in [0.1, 0.15) is 23.4 Å². The number of aromatic nitrogens is 2. The number of allylic oxidation sites excluding steroid dienone is 2. The summed E-state index contributed by atoms with van der Waals surface area (Å²) in [7, 11) is 0. The zero-order valence-electron chi connectivity index (χ0n) is 19.0. The molecule has 0 saturated heterocycles. The van der Waals surface area contributed by atoms with Crippen LogP contribution < -0.4 is 4.57 Å². The van der Waals surface area contributed by atoms with Crippen molar-refractivity contribution in [2.45, 2.75) is 40.2 Å². The average molecular weight is 533 g/mol. The fourth-order valence-corrected chi connectivity index (χ4v) is 5.26. The van der Waals surface area contributed by atoms with E-state index in [1.165, 1.54) is 44.4 Å². The number of fused-ring (bicyclic) bond motifs is 2. The molecule has 5 rings (SSSR count). The van der Waals surface area contributed by atoms with Crippen molar-refractivity contribution in [3.63, 3.8) is 0 Å². The Morgan fingerprint density at radius 1 is 1.06 bits per heavy atom. The van der Waals surface area contributed by atoms with Gasteiger partial charge in [0, 0.05) is 63.2 Å². The molecule has 1 radical (unpaired) electrons. The number of imidazole rings is 1. The fraction of sp³-hybridized carbons (Fsp3) is 0.250. The van der Waals surface area contributed by atoms with Gasteiger partial charge in [-0.2, -0.15) is 34.7 Å². The molecule has 0 fully saturated rings. The zero-order chi connectivity index (χ0) is 21.3. The summed E-state index contributed by atoms with van der Waals surface area (Å²) in [5, 5.41) is 1.23. The molecule has 3 heterocycles. The Labute approximate surface area is 218 Å². The first-order valence-corrected chi connectivity index (χ1v) is 10.6. The Kier molecular flexibility index (Phi) is 5.55. The first kappa shape index (κ1) is 22.4. The molecule has 1 aliphatic heterocycles. The molecule has 2 aromatic heterocycles. The summed E-state index contributed by atoms with van der Waals surface area (Å²) in [5.41, 5.74) is 8.69. The molecule has 0 saturated carbocycles. The van der Waals surface area contributed by atoms with E-state index in [1.807, 2.05) is 18.2 Å². The molecule has 31 heavy (non-hydrogen) atoms. The molecule has 2 aromatic carbocycles. The van der Waals surface area contributed by atoms with E-state index in [0.717, 1.165) is 0 Å². The summed E-state index contributed by atoms with van der Waals surface area (Å²) in [5.74, 6) is 0. The van der Waals surface area contributed by atoms with Gasteiger partial charge in [0.25, 0.3) is 5.65 Å². The maximum atomic E-state index is 4.24. The Morgan fingerprint density at radius 3 is 2.42 bits per heavy atom. The van der Waals surface area contributed by atoms with Crippen LogP contribution in [0.25, 0.3) is 39.3 Å². The smallest absolute Gasteiger partial charge is 0.224 e. The quantitative estimate of drug-likeness (QED) is 0.201. The van der Waals surface area contributed by atoms with Crippen molar-refractivity contribution < 1.29 is 45.9 Å². The number of para-hydroxylation sites is 1. The first-order chi connectivity index (χ1) is 14.3. The van der Waals surface area contributed by atoms with Gasteiger partial charge in [0.05, 0.1) is 5.56 Å². The molecule has 0 bridgehead atoms. The summed E-state index contributed by atoms with van der Waals surface area (Å²) in [4.78, 5) is 0. The molecule has 0 spiro atoms. The van der Waals surface area contributed by atoms with Crippen molar-refractivity contribution in [1.82, 2.24) is 4.40 Å². The predicted molar refractivity (Wildman–Crippen MR) is 126 cm³/mol. The van der Waals surface area contributed by atoms with Gasteiger partial charge in [0.15, 0.2) is 0 Å². The summed E-state index contributed by atoms with van der Waals surface area (Å²) in [6.07, 6.45) is 8.80. The van der Waals surface area contributed by atoms with Crippen LogP contribution in [-0.4, -0.2) is 4.40 Å². The van der Waals surface area contributed by atoms with E-state index in [2.05, 4.69) is 105 Å². The van der Waals surface area contributed by atoms with Crippen molar-refractivity contribution in [1.29, 1.82) is 0 Å². The van der Waals surface area contributed by atoms with E-state index >= 15 is 0 Å². The van der Waals surface area contributed by atoms with Crippen molar-refractivity contribution in [3.05, 3.63) is 84.7 Å². The second-order valence-corrected chi connectivity index (χ2v) is 9.23. The average Bonchev–Trinajstić information content (AvgIpc) is 3.19. The molecule has 0 unspecified atom stereocenters. The van der Waals surface area contributed by atoms with Gasteiger partial charge in [-0.1, -0.05) is 50.8 Å². The van der Waals surface area contributed by atoms with E-state index in [9.17, 15) is 0 Å². The SMILES string of the molecule is C=Cc1c2c3n(cc[n+]3C(C)(C)C(C)(C)/C2=C/C)c2c(-c3cc[c-]cc3)cccc12.[Pr]. The van der Waals surface area contributed by atoms with E-state index in [-0.39, 0.29) is 52.2 Å². The summed E-state index contributed by atoms with van der Waals surface area (Å²) in [6, 6.07) is 18.0. The van der Waals surface area contributed by atoms with Crippen LogP contribution in [0, 0.1) is 52.8 Å². The summed E-state index contributed by atoms with van der Waals surface area (Å²) < 4.78 is 4.83. The first-order valence-electron chi connectivity index (χ1n) is 10.6. The van der Waals surface area contributed by atoms with Crippen LogP contribution >= 0.6 is 0 Å². The Hall–Kier alpha value is -1.77. The van der Waals surface area contributed by atoms with Gasteiger partial charge in [0.2, 0.25) is 0 Å². The minimum absolute atomic E-state index is 0. The Bertz CT molecular complexity index is 1350. The molecule has 3 heteroatoms. The van der Waals surface area contributed by atoms with E-state index in [1.54, 1.807) is 0 Å². The van der Waals surface area contributed by atoms with Crippen LogP contribution in [-0.2, 0) is 5.54 Å². The molecule has 4 aromatic rings. The fourth-order valence-electron chi connectivity index (χ4n) is 5.26. The third-order valence-electron chi connectivity index (χ3n) is 7.48. The standard InChI is InChI=1S/C28H28N2.Pr/c1-7-20-22-16-12-15-21(19-13-10-9-11-14-19)25(22)29-17-18-30-26(29)24(20)23(8-2)27(3,4)28(30,5)6;/h7-8,10-18H,1H2,2-6H3;/b23-8+;. The van der Waals surface area contributed by atoms with Crippen molar-refractivity contribution in [2.24, 2.45) is 5.41 Å². The summed E-state index contributed by atoms with van der Waals surface area (Å²) in [6.45, 7) is 15.8. The number of hydrogen-bond donors (Lipinski definition) is 0. The van der Waals surface area contributed by atoms with E-state index in [0.29, 0.717) is 0 Å².